The maximum atomic E-state index is 11.8. The van der Waals surface area contributed by atoms with Crippen molar-refractivity contribution in [2.24, 2.45) is 0 Å². The van der Waals surface area contributed by atoms with Crippen molar-refractivity contribution < 1.29 is 13.2 Å². The van der Waals surface area contributed by atoms with Gasteiger partial charge < -0.3 is 10.1 Å². The van der Waals surface area contributed by atoms with Gasteiger partial charge in [-0.25, -0.2) is 18.4 Å². The molecule has 1 saturated heterocycles. The van der Waals surface area contributed by atoms with E-state index in [4.69, 9.17) is 4.74 Å². The predicted molar refractivity (Wildman–Crippen MR) is 80.7 cm³/mol. The molecule has 118 valence electrons. The summed E-state index contributed by atoms with van der Waals surface area (Å²) in [7, 11) is -1.59. The average Bonchev–Trinajstić information content (AvgIpc) is 2.87. The van der Waals surface area contributed by atoms with Gasteiger partial charge in [-0.2, -0.15) is 4.31 Å². The molecule has 2 heterocycles. The lowest BCUT2D eigenvalue weighted by Crippen LogP contribution is -2.30. The van der Waals surface area contributed by atoms with Crippen molar-refractivity contribution in [2.45, 2.75) is 25.8 Å². The molecule has 1 fully saturated rings. The van der Waals surface area contributed by atoms with E-state index in [9.17, 15) is 8.42 Å². The Kier molecular flexibility index (Phi) is 5.13. The molecule has 1 aliphatic rings. The molecule has 1 unspecified atom stereocenters. The number of anilines is 1. The van der Waals surface area contributed by atoms with E-state index < -0.39 is 10.0 Å². The summed E-state index contributed by atoms with van der Waals surface area (Å²) in [5, 5.41) is 3.16. The topological polar surface area (TPSA) is 84.4 Å². The molecule has 1 aliphatic heterocycles. The number of hydrogen-bond donors (Lipinski definition) is 1. The van der Waals surface area contributed by atoms with Gasteiger partial charge in [-0.1, -0.05) is 0 Å². The van der Waals surface area contributed by atoms with E-state index in [1.807, 2.05) is 13.0 Å². The van der Waals surface area contributed by atoms with Crippen molar-refractivity contribution in [3.05, 3.63) is 17.6 Å². The van der Waals surface area contributed by atoms with Crippen molar-refractivity contribution in [3.8, 4) is 0 Å². The molecule has 1 aromatic rings. The lowest BCUT2D eigenvalue weighted by atomic mass is 10.2. The minimum absolute atomic E-state index is 0.261. The first-order chi connectivity index (χ1) is 9.91. The van der Waals surface area contributed by atoms with Crippen LogP contribution in [0.15, 0.2) is 6.07 Å². The van der Waals surface area contributed by atoms with E-state index in [1.54, 1.807) is 7.11 Å². The number of aryl methyl sites for hydroxylation is 1. The lowest BCUT2D eigenvalue weighted by Gasteiger charge is -2.21. The Balaban J connectivity index is 2.22. The average molecular weight is 314 g/mol. The Labute approximate surface area is 125 Å². The monoisotopic (exact) mass is 314 g/mol. The van der Waals surface area contributed by atoms with Gasteiger partial charge in [0.2, 0.25) is 10.0 Å². The summed E-state index contributed by atoms with van der Waals surface area (Å²) in [5.41, 5.74) is 0.820. The molecule has 0 amide bonds. The molecule has 21 heavy (non-hydrogen) atoms. The highest BCUT2D eigenvalue weighted by atomic mass is 32.2. The number of nitrogens with zero attached hydrogens (tertiary/aromatic N) is 3. The van der Waals surface area contributed by atoms with Crippen LogP contribution >= 0.6 is 0 Å². The van der Waals surface area contributed by atoms with Gasteiger partial charge in [0.1, 0.15) is 11.6 Å². The molecule has 8 heteroatoms. The molecule has 1 atom stereocenters. The smallest absolute Gasteiger partial charge is 0.211 e. The highest BCUT2D eigenvalue weighted by Crippen LogP contribution is 2.32. The maximum absolute atomic E-state index is 11.8. The van der Waals surface area contributed by atoms with Gasteiger partial charge in [-0.05, 0) is 19.8 Å². The molecule has 0 saturated carbocycles. The SMILES string of the molecule is COCCNc1cc(C)nc(C2CCCN2S(C)(=O)=O)n1. The molecule has 0 bridgehead atoms. The first-order valence-electron chi connectivity index (χ1n) is 6.97. The largest absolute Gasteiger partial charge is 0.383 e. The fourth-order valence-electron chi connectivity index (χ4n) is 2.51. The maximum Gasteiger partial charge on any atom is 0.211 e. The quantitative estimate of drug-likeness (QED) is 0.787. The van der Waals surface area contributed by atoms with E-state index in [2.05, 4.69) is 15.3 Å². The van der Waals surface area contributed by atoms with Crippen LogP contribution in [0.3, 0.4) is 0 Å². The van der Waals surface area contributed by atoms with E-state index in [-0.39, 0.29) is 6.04 Å². The van der Waals surface area contributed by atoms with E-state index in [0.717, 1.165) is 18.5 Å². The first-order valence-corrected chi connectivity index (χ1v) is 8.82. The fraction of sp³-hybridized carbons (Fsp3) is 0.692. The van der Waals surface area contributed by atoms with Crippen molar-refractivity contribution in [1.82, 2.24) is 14.3 Å². The Morgan fingerprint density at radius 2 is 2.24 bits per heavy atom. The minimum Gasteiger partial charge on any atom is -0.383 e. The standard InChI is InChI=1S/C13H22N4O3S/c1-10-9-12(14-6-8-20-2)16-13(15-10)11-5-4-7-17(11)21(3,18)19/h9,11H,4-8H2,1-3H3,(H,14,15,16). The number of hydrogen-bond acceptors (Lipinski definition) is 6. The van der Waals surface area contributed by atoms with Crippen molar-refractivity contribution in [3.63, 3.8) is 0 Å². The van der Waals surface area contributed by atoms with Gasteiger partial charge in [0.05, 0.1) is 18.9 Å². The number of ether oxygens (including phenoxy) is 1. The third-order valence-corrected chi connectivity index (χ3v) is 4.70. The minimum atomic E-state index is -3.23. The van der Waals surface area contributed by atoms with Crippen LogP contribution in [0.5, 0.6) is 0 Å². The third kappa shape index (κ3) is 4.12. The summed E-state index contributed by atoms with van der Waals surface area (Å²) in [6.07, 6.45) is 2.83. The predicted octanol–water partition coefficient (Wildman–Crippen LogP) is 0.940. The van der Waals surface area contributed by atoms with Crippen LogP contribution < -0.4 is 5.32 Å². The normalized spacial score (nSPS) is 19.9. The molecule has 0 aliphatic carbocycles. The summed E-state index contributed by atoms with van der Waals surface area (Å²) < 4.78 is 30.2. The molecule has 1 aromatic heterocycles. The van der Waals surface area contributed by atoms with E-state index in [1.165, 1.54) is 10.6 Å². The Morgan fingerprint density at radius 3 is 2.90 bits per heavy atom. The molecular weight excluding hydrogens is 292 g/mol. The van der Waals surface area contributed by atoms with Crippen molar-refractivity contribution in [1.29, 1.82) is 0 Å². The third-order valence-electron chi connectivity index (χ3n) is 3.41. The van der Waals surface area contributed by atoms with Gasteiger partial charge in [-0.3, -0.25) is 0 Å². The summed E-state index contributed by atoms with van der Waals surface area (Å²) in [5.74, 6) is 1.27. The second-order valence-electron chi connectivity index (χ2n) is 5.20. The zero-order valence-corrected chi connectivity index (χ0v) is 13.5. The summed E-state index contributed by atoms with van der Waals surface area (Å²) in [6, 6.07) is 1.58. The molecule has 0 radical (unpaired) electrons. The lowest BCUT2D eigenvalue weighted by molar-refractivity contribution is 0.210. The summed E-state index contributed by atoms with van der Waals surface area (Å²) in [6.45, 7) is 3.64. The molecule has 2 rings (SSSR count). The van der Waals surface area contributed by atoms with Gasteiger partial charge in [0, 0.05) is 32.0 Å². The molecule has 1 N–H and O–H groups in total. The molecular formula is C13H22N4O3S. The van der Waals surface area contributed by atoms with E-state index in [0.29, 0.717) is 31.3 Å². The second-order valence-corrected chi connectivity index (χ2v) is 7.14. The molecule has 0 spiro atoms. The van der Waals surface area contributed by atoms with Crippen LogP contribution in [-0.4, -0.2) is 55.8 Å². The highest BCUT2D eigenvalue weighted by Gasteiger charge is 2.34. The second kappa shape index (κ2) is 6.67. The number of nitrogens with one attached hydrogen (secondary N) is 1. The zero-order chi connectivity index (χ0) is 15.5. The zero-order valence-electron chi connectivity index (χ0n) is 12.7. The summed E-state index contributed by atoms with van der Waals surface area (Å²) in [4.78, 5) is 8.89. The number of methoxy groups -OCH3 is 1. The van der Waals surface area contributed by atoms with Crippen molar-refractivity contribution in [2.75, 3.05) is 38.4 Å². The van der Waals surface area contributed by atoms with E-state index >= 15 is 0 Å². The van der Waals surface area contributed by atoms with Gasteiger partial charge >= 0.3 is 0 Å². The molecule has 7 nitrogen and oxygen atoms in total. The van der Waals surface area contributed by atoms with Crippen LogP contribution in [0.25, 0.3) is 0 Å². The Bertz CT molecular complexity index is 591. The van der Waals surface area contributed by atoms with Crippen LogP contribution in [0.1, 0.15) is 30.4 Å². The first kappa shape index (κ1) is 16.1. The fourth-order valence-corrected chi connectivity index (χ4v) is 3.63. The van der Waals surface area contributed by atoms with Crippen molar-refractivity contribution >= 4 is 15.8 Å². The summed E-state index contributed by atoms with van der Waals surface area (Å²) >= 11 is 0. The van der Waals surface area contributed by atoms with Crippen LogP contribution in [-0.2, 0) is 14.8 Å². The van der Waals surface area contributed by atoms with Gasteiger partial charge in [0.15, 0.2) is 0 Å². The number of aromatic nitrogens is 2. The molecule has 0 aromatic carbocycles. The Morgan fingerprint density at radius 1 is 1.48 bits per heavy atom. The number of sulfonamides is 1. The van der Waals surface area contributed by atoms with Crippen LogP contribution in [0, 0.1) is 6.92 Å². The van der Waals surface area contributed by atoms with Gasteiger partial charge in [0.25, 0.3) is 0 Å². The van der Waals surface area contributed by atoms with Crippen LogP contribution in [0.2, 0.25) is 0 Å². The van der Waals surface area contributed by atoms with Crippen LogP contribution in [0.4, 0.5) is 5.82 Å². The highest BCUT2D eigenvalue weighted by molar-refractivity contribution is 7.88. The van der Waals surface area contributed by atoms with Gasteiger partial charge in [-0.15, -0.1) is 0 Å². The number of rotatable bonds is 6. The Hall–Kier alpha value is -1.25.